The maximum atomic E-state index is 12.6. The number of thioether (sulfide) groups is 1. The number of amides is 1. The van der Waals surface area contributed by atoms with Crippen molar-refractivity contribution in [1.29, 1.82) is 0 Å². The van der Waals surface area contributed by atoms with E-state index in [1.54, 1.807) is 18.2 Å². The van der Waals surface area contributed by atoms with E-state index in [9.17, 15) is 9.59 Å². The van der Waals surface area contributed by atoms with E-state index in [2.05, 4.69) is 36.3 Å². The lowest BCUT2D eigenvalue weighted by molar-refractivity contribution is -0.115. The van der Waals surface area contributed by atoms with Crippen LogP contribution in [0.3, 0.4) is 0 Å². The summed E-state index contributed by atoms with van der Waals surface area (Å²) >= 11 is 1.33. The largest absolute Gasteiger partial charge is 0.326 e. The lowest BCUT2D eigenvalue weighted by Gasteiger charge is -2.33. The molecule has 2 aliphatic carbocycles. The third-order valence-corrected chi connectivity index (χ3v) is 7.99. The van der Waals surface area contributed by atoms with E-state index in [0.717, 1.165) is 35.5 Å². The molecule has 1 aromatic heterocycles. The summed E-state index contributed by atoms with van der Waals surface area (Å²) in [6.45, 7) is 6.89. The molecular weight excluding hydrogens is 372 g/mol. The minimum Gasteiger partial charge on any atom is -0.326 e. The van der Waals surface area contributed by atoms with E-state index in [0.29, 0.717) is 23.1 Å². The average Bonchev–Trinajstić information content (AvgIpc) is 3.20. The molecule has 1 fully saturated rings. The summed E-state index contributed by atoms with van der Waals surface area (Å²) in [6, 6.07) is 5.36. The zero-order valence-electron chi connectivity index (χ0n) is 16.2. The molecule has 1 amide bonds. The summed E-state index contributed by atoms with van der Waals surface area (Å²) in [5.74, 6) is 0.655. The summed E-state index contributed by atoms with van der Waals surface area (Å²) in [4.78, 5) is 28.9. The first-order valence-corrected chi connectivity index (χ1v) is 10.6. The molecule has 2 atom stereocenters. The third-order valence-electron chi connectivity index (χ3n) is 7.16. The number of hydrogen-bond donors (Lipinski definition) is 1. The van der Waals surface area contributed by atoms with Gasteiger partial charge in [-0.05, 0) is 42.0 Å². The standard InChI is InChI=1S/C21H22N4O2S/c1-20(2)13-6-7-21(20,3)18-17(13)24-25-19(23-18)28-10-15(26)11-4-5-14-12(8-11)9-16(27)22-14/h4-5,8,13H,6-7,9-10H2,1-3H3,(H,22,27)/t13-,21-/m1/s1. The van der Waals surface area contributed by atoms with Gasteiger partial charge >= 0.3 is 0 Å². The molecule has 0 unspecified atom stereocenters. The van der Waals surface area contributed by atoms with E-state index in [1.807, 2.05) is 0 Å². The van der Waals surface area contributed by atoms with Crippen LogP contribution in [0.15, 0.2) is 23.4 Å². The third kappa shape index (κ3) is 2.38. The first-order valence-electron chi connectivity index (χ1n) is 9.63. The molecule has 144 valence electrons. The van der Waals surface area contributed by atoms with E-state index in [-0.39, 0.29) is 28.3 Å². The number of rotatable bonds is 4. The van der Waals surface area contributed by atoms with Crippen LogP contribution in [-0.2, 0) is 16.6 Å². The highest BCUT2D eigenvalue weighted by Gasteiger charge is 2.61. The van der Waals surface area contributed by atoms with Crippen LogP contribution in [-0.4, -0.2) is 32.6 Å². The Labute approximate surface area is 167 Å². The predicted molar refractivity (Wildman–Crippen MR) is 107 cm³/mol. The van der Waals surface area contributed by atoms with Crippen molar-refractivity contribution in [3.63, 3.8) is 0 Å². The van der Waals surface area contributed by atoms with Gasteiger partial charge in [-0.1, -0.05) is 32.5 Å². The summed E-state index contributed by atoms with van der Waals surface area (Å²) in [6.07, 6.45) is 2.60. The van der Waals surface area contributed by atoms with Crippen LogP contribution >= 0.6 is 11.8 Å². The Kier molecular flexibility index (Phi) is 3.72. The van der Waals surface area contributed by atoms with Crippen LogP contribution in [0.2, 0.25) is 0 Å². The number of nitrogens with zero attached hydrogens (tertiary/aromatic N) is 3. The molecule has 1 saturated carbocycles. The van der Waals surface area contributed by atoms with Crippen LogP contribution in [0.4, 0.5) is 5.69 Å². The molecule has 2 aromatic rings. The van der Waals surface area contributed by atoms with Gasteiger partial charge in [0.05, 0.1) is 23.6 Å². The van der Waals surface area contributed by atoms with Crippen molar-refractivity contribution in [2.45, 2.75) is 56.5 Å². The fourth-order valence-corrected chi connectivity index (χ4v) is 5.72. The number of carbonyl (C=O) groups excluding carboxylic acids is 2. The monoisotopic (exact) mass is 394 g/mol. The molecule has 0 radical (unpaired) electrons. The number of hydrogen-bond acceptors (Lipinski definition) is 6. The van der Waals surface area contributed by atoms with E-state index in [4.69, 9.17) is 4.98 Å². The highest BCUT2D eigenvalue weighted by Crippen LogP contribution is 2.66. The zero-order chi connectivity index (χ0) is 19.7. The van der Waals surface area contributed by atoms with Gasteiger partial charge in [-0.15, -0.1) is 5.10 Å². The van der Waals surface area contributed by atoms with E-state index >= 15 is 0 Å². The molecule has 28 heavy (non-hydrogen) atoms. The van der Waals surface area contributed by atoms with Crippen LogP contribution in [0.25, 0.3) is 0 Å². The molecule has 3 aliphatic rings. The zero-order valence-corrected chi connectivity index (χ0v) is 17.0. The highest BCUT2D eigenvalue weighted by atomic mass is 32.2. The Morgan fingerprint density at radius 1 is 1.29 bits per heavy atom. The normalized spacial score (nSPS) is 26.1. The van der Waals surface area contributed by atoms with Gasteiger partial charge in [-0.25, -0.2) is 4.98 Å². The van der Waals surface area contributed by atoms with E-state index in [1.165, 1.54) is 11.8 Å². The van der Waals surface area contributed by atoms with Crippen molar-refractivity contribution >= 4 is 29.1 Å². The molecule has 5 rings (SSSR count). The topological polar surface area (TPSA) is 84.8 Å². The van der Waals surface area contributed by atoms with Gasteiger partial charge in [0, 0.05) is 22.6 Å². The van der Waals surface area contributed by atoms with Crippen molar-refractivity contribution < 1.29 is 9.59 Å². The second kappa shape index (κ2) is 5.86. The van der Waals surface area contributed by atoms with Gasteiger partial charge in [-0.3, -0.25) is 9.59 Å². The van der Waals surface area contributed by atoms with Gasteiger partial charge in [0.25, 0.3) is 0 Å². The fourth-order valence-electron chi connectivity index (χ4n) is 5.04. The van der Waals surface area contributed by atoms with Crippen molar-refractivity contribution in [2.24, 2.45) is 5.41 Å². The molecule has 2 heterocycles. The van der Waals surface area contributed by atoms with Gasteiger partial charge < -0.3 is 5.32 Å². The van der Waals surface area contributed by atoms with Gasteiger partial charge in [0.1, 0.15) is 0 Å². The first kappa shape index (κ1) is 17.8. The van der Waals surface area contributed by atoms with Gasteiger partial charge in [-0.2, -0.15) is 5.10 Å². The van der Waals surface area contributed by atoms with Crippen molar-refractivity contribution in [2.75, 3.05) is 11.1 Å². The van der Waals surface area contributed by atoms with Crippen molar-refractivity contribution in [3.8, 4) is 0 Å². The summed E-state index contributed by atoms with van der Waals surface area (Å²) in [7, 11) is 0. The van der Waals surface area contributed by atoms with Crippen molar-refractivity contribution in [1.82, 2.24) is 15.2 Å². The molecule has 1 N–H and O–H groups in total. The summed E-state index contributed by atoms with van der Waals surface area (Å²) in [5.41, 5.74) is 4.58. The van der Waals surface area contributed by atoms with Crippen LogP contribution in [0, 0.1) is 5.41 Å². The maximum absolute atomic E-state index is 12.6. The Morgan fingerprint density at radius 2 is 2.11 bits per heavy atom. The SMILES string of the molecule is CC1(C)[C@@H]2CC[C@]1(C)c1nc(SCC(=O)c3ccc4c(c3)CC(=O)N4)nnc12. The highest BCUT2D eigenvalue weighted by molar-refractivity contribution is 7.99. The molecule has 0 spiro atoms. The minimum atomic E-state index is -0.0303. The molecule has 2 bridgehead atoms. The number of ketones is 1. The summed E-state index contributed by atoms with van der Waals surface area (Å²) < 4.78 is 0. The average molecular weight is 395 g/mol. The van der Waals surface area contributed by atoms with Gasteiger partial charge in [0.15, 0.2) is 5.78 Å². The smallest absolute Gasteiger partial charge is 0.228 e. The Hall–Kier alpha value is -2.28. The van der Waals surface area contributed by atoms with Gasteiger partial charge in [0.2, 0.25) is 11.1 Å². The van der Waals surface area contributed by atoms with Crippen LogP contribution in [0.1, 0.15) is 66.8 Å². The molecular formula is C21H22N4O2S. The number of carbonyl (C=O) groups is 2. The Morgan fingerprint density at radius 3 is 2.93 bits per heavy atom. The number of benzene rings is 1. The van der Waals surface area contributed by atoms with Crippen LogP contribution in [0.5, 0.6) is 0 Å². The van der Waals surface area contributed by atoms with E-state index < -0.39 is 0 Å². The van der Waals surface area contributed by atoms with Crippen LogP contribution < -0.4 is 5.32 Å². The Balaban J connectivity index is 1.33. The number of aromatic nitrogens is 3. The number of Topliss-reactive ketones (excluding diaryl/α,β-unsaturated/α-hetero) is 1. The minimum absolute atomic E-state index is 0.00399. The molecule has 0 saturated heterocycles. The molecule has 7 heteroatoms. The second-order valence-electron chi connectivity index (χ2n) is 8.78. The number of fused-ring (bicyclic) bond motifs is 6. The number of anilines is 1. The quantitative estimate of drug-likeness (QED) is 0.631. The maximum Gasteiger partial charge on any atom is 0.228 e. The second-order valence-corrected chi connectivity index (χ2v) is 9.72. The molecule has 1 aromatic carbocycles. The number of nitrogens with one attached hydrogen (secondary N) is 1. The lowest BCUT2D eigenvalue weighted by atomic mass is 9.70. The molecule has 1 aliphatic heterocycles. The first-order chi connectivity index (χ1) is 13.3. The Bertz CT molecular complexity index is 1040. The summed E-state index contributed by atoms with van der Waals surface area (Å²) in [5, 5.41) is 12.1. The fraction of sp³-hybridized carbons (Fsp3) is 0.476. The van der Waals surface area contributed by atoms with Crippen molar-refractivity contribution in [3.05, 3.63) is 40.7 Å². The lowest BCUT2D eigenvalue weighted by Crippen LogP contribution is -2.32. The predicted octanol–water partition coefficient (Wildman–Crippen LogP) is 3.52. The molecule has 6 nitrogen and oxygen atoms in total.